The standard InChI is InChI=1S/C23H29N5O/c1-16-14-27-13-5-8-18(27)15-28(16)22-19-11-12-24-23(29)21(19)25-20(26-22)10-9-17-6-3-2-4-7-17/h2-4,6-7,16,18H,5,8-15H2,1H3,(H,24,29)/t16-,18-/m1/s1. The normalized spacial score (nSPS) is 24.2. The molecule has 1 amide bonds. The quantitative estimate of drug-likeness (QED) is 0.866. The second-order valence-electron chi connectivity index (χ2n) is 8.57. The van der Waals surface area contributed by atoms with Crippen LogP contribution in [-0.4, -0.2) is 59.0 Å². The van der Waals surface area contributed by atoms with Crippen LogP contribution in [0.1, 0.15) is 47.2 Å². The third-order valence-corrected chi connectivity index (χ3v) is 6.60. The van der Waals surface area contributed by atoms with E-state index >= 15 is 0 Å². The van der Waals surface area contributed by atoms with E-state index in [1.165, 1.54) is 24.9 Å². The number of hydrogen-bond acceptors (Lipinski definition) is 5. The third-order valence-electron chi connectivity index (χ3n) is 6.60. The van der Waals surface area contributed by atoms with Gasteiger partial charge in [0.25, 0.3) is 5.91 Å². The Bertz CT molecular complexity index is 900. The number of aryl methyl sites for hydroxylation is 2. The fourth-order valence-corrected chi connectivity index (χ4v) is 5.05. The lowest BCUT2D eigenvalue weighted by Gasteiger charge is -2.44. The largest absolute Gasteiger partial charge is 0.351 e. The summed E-state index contributed by atoms with van der Waals surface area (Å²) >= 11 is 0. The minimum atomic E-state index is -0.0528. The Morgan fingerprint density at radius 1 is 1.14 bits per heavy atom. The minimum Gasteiger partial charge on any atom is -0.351 e. The number of nitrogens with zero attached hydrogens (tertiary/aromatic N) is 4. The number of anilines is 1. The fourth-order valence-electron chi connectivity index (χ4n) is 5.05. The molecule has 0 spiro atoms. The van der Waals surface area contributed by atoms with Crippen LogP contribution in [-0.2, 0) is 19.3 Å². The van der Waals surface area contributed by atoms with Gasteiger partial charge in [-0.15, -0.1) is 0 Å². The SMILES string of the molecule is C[C@@H]1CN2CCC[C@@H]2CN1c1nc(CCc2ccccc2)nc2c1CCNC2=O. The monoisotopic (exact) mass is 391 g/mol. The molecule has 3 aliphatic heterocycles. The number of hydrogen-bond donors (Lipinski definition) is 1. The molecular weight excluding hydrogens is 362 g/mol. The lowest BCUT2D eigenvalue weighted by molar-refractivity contribution is 0.0939. The maximum absolute atomic E-state index is 12.6. The van der Waals surface area contributed by atoms with Crippen molar-refractivity contribution < 1.29 is 4.79 Å². The molecule has 0 unspecified atom stereocenters. The van der Waals surface area contributed by atoms with Gasteiger partial charge in [-0.1, -0.05) is 30.3 Å². The van der Waals surface area contributed by atoms with E-state index in [0.29, 0.717) is 24.3 Å². The number of nitrogens with one attached hydrogen (secondary N) is 1. The van der Waals surface area contributed by atoms with Gasteiger partial charge in [0, 0.05) is 43.7 Å². The van der Waals surface area contributed by atoms with E-state index in [2.05, 4.69) is 46.3 Å². The summed E-state index contributed by atoms with van der Waals surface area (Å²) in [5.74, 6) is 1.73. The Morgan fingerprint density at radius 3 is 2.86 bits per heavy atom. The first-order valence-electron chi connectivity index (χ1n) is 10.9. The molecule has 1 aromatic heterocycles. The van der Waals surface area contributed by atoms with Crippen molar-refractivity contribution in [3.8, 4) is 0 Å². The highest BCUT2D eigenvalue weighted by atomic mass is 16.1. The lowest BCUT2D eigenvalue weighted by Crippen LogP contribution is -2.56. The first-order chi connectivity index (χ1) is 14.2. The summed E-state index contributed by atoms with van der Waals surface area (Å²) in [6, 6.07) is 11.4. The number of rotatable bonds is 4. The second kappa shape index (κ2) is 7.75. The number of carbonyl (C=O) groups is 1. The summed E-state index contributed by atoms with van der Waals surface area (Å²) in [7, 11) is 0. The summed E-state index contributed by atoms with van der Waals surface area (Å²) in [6.45, 7) is 6.26. The first-order valence-corrected chi connectivity index (χ1v) is 10.9. The van der Waals surface area contributed by atoms with E-state index in [0.717, 1.165) is 49.6 Å². The molecule has 2 aromatic rings. The molecule has 1 N–H and O–H groups in total. The number of aromatic nitrogens is 2. The number of carbonyl (C=O) groups excluding carboxylic acids is 1. The average molecular weight is 392 g/mol. The smallest absolute Gasteiger partial charge is 0.270 e. The van der Waals surface area contributed by atoms with Gasteiger partial charge in [-0.25, -0.2) is 9.97 Å². The molecule has 3 aliphatic rings. The van der Waals surface area contributed by atoms with Crippen LogP contribution in [0.4, 0.5) is 5.82 Å². The van der Waals surface area contributed by atoms with Crippen LogP contribution in [0.25, 0.3) is 0 Å². The molecule has 0 aliphatic carbocycles. The molecule has 29 heavy (non-hydrogen) atoms. The zero-order valence-electron chi connectivity index (χ0n) is 17.1. The summed E-state index contributed by atoms with van der Waals surface area (Å²) in [5.41, 5.74) is 2.90. The van der Waals surface area contributed by atoms with E-state index < -0.39 is 0 Å². The van der Waals surface area contributed by atoms with Crippen molar-refractivity contribution in [2.24, 2.45) is 0 Å². The molecule has 0 radical (unpaired) electrons. The number of piperazine rings is 1. The Labute approximate surface area is 172 Å². The molecule has 2 atom stereocenters. The molecular formula is C23H29N5O. The van der Waals surface area contributed by atoms with Gasteiger partial charge in [-0.3, -0.25) is 9.69 Å². The molecule has 1 aromatic carbocycles. The van der Waals surface area contributed by atoms with Crippen molar-refractivity contribution in [1.82, 2.24) is 20.2 Å². The van der Waals surface area contributed by atoms with Gasteiger partial charge in [-0.05, 0) is 44.7 Å². The molecule has 0 bridgehead atoms. The van der Waals surface area contributed by atoms with Gasteiger partial charge < -0.3 is 10.2 Å². The van der Waals surface area contributed by atoms with Crippen LogP contribution in [0.15, 0.2) is 30.3 Å². The van der Waals surface area contributed by atoms with Crippen molar-refractivity contribution in [3.63, 3.8) is 0 Å². The first kappa shape index (κ1) is 18.6. The Morgan fingerprint density at radius 2 is 2.00 bits per heavy atom. The zero-order valence-corrected chi connectivity index (χ0v) is 17.1. The van der Waals surface area contributed by atoms with Crippen LogP contribution < -0.4 is 10.2 Å². The van der Waals surface area contributed by atoms with Crippen LogP contribution in [0.3, 0.4) is 0 Å². The van der Waals surface area contributed by atoms with Crippen molar-refractivity contribution in [2.45, 2.75) is 51.1 Å². The molecule has 5 rings (SSSR count). The molecule has 2 fully saturated rings. The van der Waals surface area contributed by atoms with Gasteiger partial charge in [0.2, 0.25) is 0 Å². The Hall–Kier alpha value is -2.47. The molecule has 6 nitrogen and oxygen atoms in total. The maximum atomic E-state index is 12.6. The van der Waals surface area contributed by atoms with E-state index in [1.54, 1.807) is 0 Å². The van der Waals surface area contributed by atoms with Crippen molar-refractivity contribution in [3.05, 3.63) is 53.0 Å². The zero-order chi connectivity index (χ0) is 19.8. The summed E-state index contributed by atoms with van der Waals surface area (Å²) in [4.78, 5) is 27.4. The summed E-state index contributed by atoms with van der Waals surface area (Å²) in [5, 5.41) is 2.96. The van der Waals surface area contributed by atoms with Gasteiger partial charge in [0.1, 0.15) is 17.3 Å². The highest BCUT2D eigenvalue weighted by molar-refractivity contribution is 5.96. The van der Waals surface area contributed by atoms with Crippen molar-refractivity contribution >= 4 is 11.7 Å². The van der Waals surface area contributed by atoms with Crippen molar-refractivity contribution in [1.29, 1.82) is 0 Å². The van der Waals surface area contributed by atoms with Crippen LogP contribution in [0.5, 0.6) is 0 Å². The van der Waals surface area contributed by atoms with E-state index in [1.807, 2.05) is 6.07 Å². The molecule has 6 heteroatoms. The van der Waals surface area contributed by atoms with Crippen LogP contribution in [0, 0.1) is 0 Å². The summed E-state index contributed by atoms with van der Waals surface area (Å²) < 4.78 is 0. The lowest BCUT2D eigenvalue weighted by atomic mass is 10.0. The van der Waals surface area contributed by atoms with Gasteiger partial charge in [0.15, 0.2) is 0 Å². The average Bonchev–Trinajstić information content (AvgIpc) is 3.20. The Kier molecular flexibility index (Phi) is 4.96. The number of benzene rings is 1. The van der Waals surface area contributed by atoms with Crippen LogP contribution >= 0.6 is 0 Å². The topological polar surface area (TPSA) is 61.4 Å². The van der Waals surface area contributed by atoms with Crippen LogP contribution in [0.2, 0.25) is 0 Å². The highest BCUT2D eigenvalue weighted by Gasteiger charge is 2.37. The maximum Gasteiger partial charge on any atom is 0.270 e. The number of amides is 1. The molecule has 0 saturated carbocycles. The summed E-state index contributed by atoms with van der Waals surface area (Å²) in [6.07, 6.45) is 4.99. The molecule has 2 saturated heterocycles. The minimum absolute atomic E-state index is 0.0528. The Balaban J connectivity index is 1.48. The third kappa shape index (κ3) is 3.62. The molecule has 4 heterocycles. The predicted molar refractivity (Wildman–Crippen MR) is 113 cm³/mol. The number of fused-ring (bicyclic) bond motifs is 2. The van der Waals surface area contributed by atoms with Gasteiger partial charge >= 0.3 is 0 Å². The van der Waals surface area contributed by atoms with Crippen molar-refractivity contribution in [2.75, 3.05) is 31.1 Å². The van der Waals surface area contributed by atoms with E-state index in [4.69, 9.17) is 9.97 Å². The fraction of sp³-hybridized carbons (Fsp3) is 0.522. The predicted octanol–water partition coefficient (Wildman–Crippen LogP) is 2.22. The van der Waals surface area contributed by atoms with E-state index in [-0.39, 0.29) is 5.91 Å². The highest BCUT2D eigenvalue weighted by Crippen LogP contribution is 2.31. The second-order valence-corrected chi connectivity index (χ2v) is 8.57. The van der Waals surface area contributed by atoms with E-state index in [9.17, 15) is 4.79 Å². The van der Waals surface area contributed by atoms with Gasteiger partial charge in [0.05, 0.1) is 0 Å². The van der Waals surface area contributed by atoms with Gasteiger partial charge in [-0.2, -0.15) is 0 Å². The molecule has 152 valence electrons.